The molecule has 0 spiro atoms. The molecular formula is C48H51F2N3O7. The van der Waals surface area contributed by atoms with E-state index in [1.807, 2.05) is 97.9 Å². The van der Waals surface area contributed by atoms with E-state index in [0.717, 1.165) is 16.7 Å². The van der Waals surface area contributed by atoms with E-state index >= 15 is 0 Å². The average Bonchev–Trinajstić information content (AvgIpc) is 3.19. The first kappa shape index (κ1) is 46.0. The van der Waals surface area contributed by atoms with Crippen molar-refractivity contribution in [3.05, 3.63) is 154 Å². The summed E-state index contributed by atoms with van der Waals surface area (Å²) in [6.07, 6.45) is -1.14. The molecule has 2 atom stereocenters. The maximum absolute atomic E-state index is 13.2. The predicted molar refractivity (Wildman–Crippen MR) is 225 cm³/mol. The first-order valence-corrected chi connectivity index (χ1v) is 19.3. The molecule has 0 saturated heterocycles. The van der Waals surface area contributed by atoms with Crippen molar-refractivity contribution >= 4 is 17.8 Å². The number of nitrogens with zero attached hydrogens (tertiary/aromatic N) is 2. The number of carbonyl (C=O) groups excluding carboxylic acids is 3. The lowest BCUT2D eigenvalue weighted by Crippen LogP contribution is -2.56. The third kappa shape index (κ3) is 12.6. The van der Waals surface area contributed by atoms with Gasteiger partial charge < -0.3 is 18.9 Å². The summed E-state index contributed by atoms with van der Waals surface area (Å²) in [5.74, 6) is -0.267. The normalized spacial score (nSPS) is 11.9. The Bertz CT molecular complexity index is 2260. The monoisotopic (exact) mass is 819 g/mol. The fraction of sp³-hybridized carbons (Fsp3) is 0.292. The molecule has 0 heterocycles. The molecule has 5 rings (SSSR count). The molecule has 0 fully saturated rings. The number of hydrogen-bond acceptors (Lipinski definition) is 8. The number of aryl methyl sites for hydroxylation is 2. The molecule has 0 bridgehead atoms. The first-order chi connectivity index (χ1) is 28.4. The number of carbonyl (C=O) groups is 3. The van der Waals surface area contributed by atoms with Gasteiger partial charge in [-0.1, -0.05) is 79.6 Å². The largest absolute Gasteiger partial charge is 0.496 e. The summed E-state index contributed by atoms with van der Waals surface area (Å²) < 4.78 is 45.8. The third-order valence-corrected chi connectivity index (χ3v) is 9.18. The number of halogens is 2. The summed E-state index contributed by atoms with van der Waals surface area (Å²) in [5, 5.41) is 11.1. The summed E-state index contributed by atoms with van der Waals surface area (Å²) in [5.41, 5.74) is 6.99. The van der Waals surface area contributed by atoms with Crippen LogP contribution in [-0.2, 0) is 9.53 Å². The number of hydrogen-bond donors (Lipinski definition) is 1. The quantitative estimate of drug-likeness (QED) is 0.0974. The highest BCUT2D eigenvalue weighted by Gasteiger charge is 2.31. The third-order valence-electron chi connectivity index (χ3n) is 9.18. The molecule has 0 aliphatic heterocycles. The lowest BCUT2D eigenvalue weighted by molar-refractivity contribution is -0.150. The molecule has 60 heavy (non-hydrogen) atoms. The maximum Gasteiger partial charge on any atom is 0.387 e. The molecule has 314 valence electrons. The molecule has 5 aromatic rings. The predicted octanol–water partition coefficient (Wildman–Crippen LogP) is 10.8. The summed E-state index contributed by atoms with van der Waals surface area (Å²) in [7, 11) is 1.56. The Kier molecular flexibility index (Phi) is 15.9. The molecule has 0 aliphatic carbocycles. The van der Waals surface area contributed by atoms with E-state index in [1.54, 1.807) is 73.8 Å². The Morgan fingerprint density at radius 2 is 1.37 bits per heavy atom. The van der Waals surface area contributed by atoms with Crippen LogP contribution in [0.15, 0.2) is 115 Å². The van der Waals surface area contributed by atoms with Gasteiger partial charge in [-0.15, -0.1) is 0 Å². The highest BCUT2D eigenvalue weighted by molar-refractivity contribution is 6.00. The van der Waals surface area contributed by atoms with E-state index < -0.39 is 30.1 Å². The Balaban J connectivity index is 0.000000270. The number of nitrogens with one attached hydrogen (secondary N) is 1. The smallest absolute Gasteiger partial charge is 0.387 e. The van der Waals surface area contributed by atoms with Crippen LogP contribution in [0, 0.1) is 38.0 Å². The minimum absolute atomic E-state index is 0.00486. The van der Waals surface area contributed by atoms with Gasteiger partial charge in [-0.05, 0) is 114 Å². The van der Waals surface area contributed by atoms with Gasteiger partial charge in [0, 0.05) is 22.3 Å². The molecule has 0 radical (unpaired) electrons. The van der Waals surface area contributed by atoms with Crippen LogP contribution in [0.2, 0.25) is 0 Å². The molecule has 1 N–H and O–H groups in total. The van der Waals surface area contributed by atoms with Crippen molar-refractivity contribution in [2.75, 3.05) is 7.11 Å². The number of nitriles is 1. The number of esters is 1. The number of para-hydroxylation sites is 1. The minimum Gasteiger partial charge on any atom is -0.496 e. The Morgan fingerprint density at radius 3 is 1.93 bits per heavy atom. The average molecular weight is 820 g/mol. The van der Waals surface area contributed by atoms with Crippen molar-refractivity contribution in [3.63, 3.8) is 0 Å². The fourth-order valence-electron chi connectivity index (χ4n) is 6.37. The van der Waals surface area contributed by atoms with Gasteiger partial charge in [0.1, 0.15) is 29.1 Å². The Hall–Kier alpha value is -6.74. The van der Waals surface area contributed by atoms with Crippen LogP contribution in [0.3, 0.4) is 0 Å². The van der Waals surface area contributed by atoms with Crippen molar-refractivity contribution < 1.29 is 42.1 Å². The lowest BCUT2D eigenvalue weighted by atomic mass is 9.88. The summed E-state index contributed by atoms with van der Waals surface area (Å²) in [6, 6.07) is 34.7. The molecule has 0 saturated carbocycles. The second-order valence-electron chi connectivity index (χ2n) is 15.4. The number of benzene rings is 5. The van der Waals surface area contributed by atoms with Gasteiger partial charge >= 0.3 is 12.6 Å². The highest BCUT2D eigenvalue weighted by Crippen LogP contribution is 2.32. The van der Waals surface area contributed by atoms with Crippen LogP contribution in [0.5, 0.6) is 23.0 Å². The van der Waals surface area contributed by atoms with Gasteiger partial charge in [0.25, 0.3) is 11.8 Å². The van der Waals surface area contributed by atoms with Crippen LogP contribution in [0.1, 0.15) is 95.2 Å². The van der Waals surface area contributed by atoms with Crippen molar-refractivity contribution in [2.45, 2.75) is 79.6 Å². The second-order valence-corrected chi connectivity index (χ2v) is 15.4. The van der Waals surface area contributed by atoms with Crippen LogP contribution in [0.4, 0.5) is 8.78 Å². The Morgan fingerprint density at radius 1 is 0.750 bits per heavy atom. The van der Waals surface area contributed by atoms with Gasteiger partial charge in [0.15, 0.2) is 0 Å². The number of rotatable bonds is 12. The molecule has 10 nitrogen and oxygen atoms in total. The molecule has 2 amide bonds. The van der Waals surface area contributed by atoms with E-state index in [2.05, 4.69) is 10.2 Å². The number of ether oxygens (including phenoxy) is 4. The van der Waals surface area contributed by atoms with E-state index in [4.69, 9.17) is 14.2 Å². The molecule has 5 aromatic carbocycles. The number of amides is 2. The first-order valence-electron chi connectivity index (χ1n) is 19.3. The van der Waals surface area contributed by atoms with Crippen molar-refractivity contribution in [1.82, 2.24) is 10.4 Å². The SMILES string of the molecule is CC(C)[C@H](C(=O)OC(C#N)c1cccc(Oc2ccccc2)c1)c1ccc(OC(F)F)cc1.COc1cccc(C(=O)NN(C(=O)c2cc(C)cc(C)c2)C(C)(C)C)c1C. The van der Waals surface area contributed by atoms with Gasteiger partial charge in [0.2, 0.25) is 6.10 Å². The summed E-state index contributed by atoms with van der Waals surface area (Å²) >= 11 is 0. The molecule has 0 aliphatic rings. The van der Waals surface area contributed by atoms with Gasteiger partial charge in [-0.3, -0.25) is 19.8 Å². The highest BCUT2D eigenvalue weighted by atomic mass is 19.3. The van der Waals surface area contributed by atoms with Crippen LogP contribution < -0.4 is 19.6 Å². The number of hydrazine groups is 1. The summed E-state index contributed by atoms with van der Waals surface area (Å²) in [6.45, 7) is 12.1. The zero-order valence-corrected chi connectivity index (χ0v) is 35.3. The molecule has 0 aromatic heterocycles. The van der Waals surface area contributed by atoms with E-state index in [1.165, 1.54) is 17.1 Å². The van der Waals surface area contributed by atoms with Crippen LogP contribution >= 0.6 is 0 Å². The second kappa shape index (κ2) is 20.8. The Labute approximate surface area is 350 Å². The fourth-order valence-corrected chi connectivity index (χ4v) is 6.37. The van der Waals surface area contributed by atoms with Crippen LogP contribution in [-0.4, -0.2) is 42.1 Å². The van der Waals surface area contributed by atoms with E-state index in [0.29, 0.717) is 39.5 Å². The zero-order valence-electron chi connectivity index (χ0n) is 35.3. The zero-order chi connectivity index (χ0) is 44.1. The van der Waals surface area contributed by atoms with Crippen molar-refractivity contribution in [1.29, 1.82) is 5.26 Å². The van der Waals surface area contributed by atoms with E-state index in [9.17, 15) is 28.4 Å². The maximum atomic E-state index is 13.2. The molecule has 12 heteroatoms. The minimum atomic E-state index is -2.93. The topological polar surface area (TPSA) is 127 Å². The number of methoxy groups -OCH3 is 1. The lowest BCUT2D eigenvalue weighted by Gasteiger charge is -2.35. The van der Waals surface area contributed by atoms with Gasteiger partial charge in [0.05, 0.1) is 18.6 Å². The van der Waals surface area contributed by atoms with Gasteiger partial charge in [-0.25, -0.2) is 5.01 Å². The van der Waals surface area contributed by atoms with E-state index in [-0.39, 0.29) is 23.5 Å². The van der Waals surface area contributed by atoms with Crippen molar-refractivity contribution in [2.24, 2.45) is 5.92 Å². The standard InChI is InChI=1S/C26H23F2NO4.C22H28N2O3/c1-17(2)24(18-11-13-21(14-12-18)32-26(27)28)25(30)33-23(16-29)19-7-6-10-22(15-19)31-20-8-4-3-5-9-20;1-14-11-15(2)13-17(12-14)21(26)24(22(4,5)6)23-20(25)18-9-8-10-19(27-7)16(18)3/h3-15,17,23-24,26H,1-2H3;8-13H,1-7H3,(H,23,25)/t23?,24-;/m0./s1. The van der Waals surface area contributed by atoms with Gasteiger partial charge in [-0.2, -0.15) is 14.0 Å². The molecule has 1 unspecified atom stereocenters. The van der Waals surface area contributed by atoms with Crippen molar-refractivity contribution in [3.8, 4) is 29.1 Å². The number of alkyl halides is 2. The van der Waals surface area contributed by atoms with Crippen LogP contribution in [0.25, 0.3) is 0 Å². The molecular weight excluding hydrogens is 769 g/mol. The summed E-state index contributed by atoms with van der Waals surface area (Å²) in [4.78, 5) is 39.1.